The molecule has 11 heavy (non-hydrogen) atoms. The molecule has 0 fully saturated rings. The summed E-state index contributed by atoms with van der Waals surface area (Å²) in [5.41, 5.74) is 0.942. The molecule has 1 nitrogen and oxygen atoms in total. The van der Waals surface area contributed by atoms with Crippen molar-refractivity contribution in [3.05, 3.63) is 42.8 Å². The second kappa shape index (κ2) is 5.51. The van der Waals surface area contributed by atoms with Crippen molar-refractivity contribution in [2.24, 2.45) is 0 Å². The summed E-state index contributed by atoms with van der Waals surface area (Å²) in [5.74, 6) is 0. The molecule has 0 aliphatic carbocycles. The van der Waals surface area contributed by atoms with Crippen LogP contribution in [-0.2, 0) is 21.1 Å². The van der Waals surface area contributed by atoms with Crippen LogP contribution in [0.15, 0.2) is 30.3 Å². The average Bonchev–Trinajstić information content (AvgIpc) is 2.05. The van der Waals surface area contributed by atoms with Gasteiger partial charge < -0.3 is 12.0 Å². The first-order chi connectivity index (χ1) is 4.84. The van der Waals surface area contributed by atoms with Crippen LogP contribution in [-0.4, -0.2) is 5.11 Å². The molecular weight excluding hydrogens is 308 g/mol. The summed E-state index contributed by atoms with van der Waals surface area (Å²) in [6, 6.07) is 9.55. The number of aliphatic hydroxyl groups is 1. The molecule has 60 valence electrons. The van der Waals surface area contributed by atoms with Gasteiger partial charge in [-0.15, -0.1) is 0 Å². The van der Waals surface area contributed by atoms with E-state index in [-0.39, 0.29) is 21.1 Å². The molecule has 0 aliphatic heterocycles. The van der Waals surface area contributed by atoms with E-state index >= 15 is 0 Å². The van der Waals surface area contributed by atoms with Crippen LogP contribution in [0.5, 0.6) is 0 Å². The van der Waals surface area contributed by atoms with Crippen molar-refractivity contribution in [3.8, 4) is 0 Å². The van der Waals surface area contributed by atoms with E-state index in [4.69, 9.17) is 0 Å². The summed E-state index contributed by atoms with van der Waals surface area (Å²) >= 11 is 0. The first-order valence-corrected chi connectivity index (χ1v) is 3.37. The van der Waals surface area contributed by atoms with Gasteiger partial charge in [-0.25, -0.2) is 0 Å². The molecule has 1 rings (SSSR count). The number of rotatable bonds is 2. The Hall–Kier alpha value is -0.132. The zero-order valence-corrected chi connectivity index (χ0v) is 9.17. The molecule has 0 aliphatic rings. The number of hydrogen-bond donors (Lipinski definition) is 1. The normalized spacial score (nSPS) is 11.8. The van der Waals surface area contributed by atoms with Crippen molar-refractivity contribution in [1.82, 2.24) is 0 Å². The van der Waals surface area contributed by atoms with Gasteiger partial charge in [0.1, 0.15) is 0 Å². The summed E-state index contributed by atoms with van der Waals surface area (Å²) in [7, 11) is 0. The molecule has 1 atom stereocenters. The van der Waals surface area contributed by atoms with Crippen molar-refractivity contribution in [2.75, 3.05) is 0 Å². The summed E-state index contributed by atoms with van der Waals surface area (Å²) in [6.07, 6.45) is 0.130. The van der Waals surface area contributed by atoms with Crippen LogP contribution in [0.4, 0.5) is 0 Å². The summed E-state index contributed by atoms with van der Waals surface area (Å²) < 4.78 is 0. The maximum absolute atomic E-state index is 9.27. The van der Waals surface area contributed by atoms with Gasteiger partial charge in [0.2, 0.25) is 0 Å². The molecule has 1 aromatic rings. The Bertz CT molecular complexity index is 186. The van der Waals surface area contributed by atoms with Crippen molar-refractivity contribution in [2.45, 2.75) is 12.5 Å². The summed E-state index contributed by atoms with van der Waals surface area (Å²) in [4.78, 5) is 0. The minimum absolute atomic E-state index is 0. The van der Waals surface area contributed by atoms with Gasteiger partial charge in [0.15, 0.2) is 0 Å². The van der Waals surface area contributed by atoms with Crippen LogP contribution in [0, 0.1) is 6.92 Å². The van der Waals surface area contributed by atoms with Gasteiger partial charge in [-0.2, -0.15) is 6.42 Å². The van der Waals surface area contributed by atoms with Crippen LogP contribution in [0.3, 0.4) is 0 Å². The topological polar surface area (TPSA) is 20.2 Å². The van der Waals surface area contributed by atoms with Crippen LogP contribution in [0.2, 0.25) is 0 Å². The monoisotopic (exact) mass is 319 g/mol. The van der Waals surface area contributed by atoms with E-state index in [1.165, 1.54) is 0 Å². The van der Waals surface area contributed by atoms with Gasteiger partial charge in [0.25, 0.3) is 0 Å². The van der Waals surface area contributed by atoms with Crippen LogP contribution >= 0.6 is 0 Å². The Kier molecular flexibility index (Phi) is 5.44. The van der Waals surface area contributed by atoms with Gasteiger partial charge >= 0.3 is 0 Å². The van der Waals surface area contributed by atoms with Crippen LogP contribution < -0.4 is 0 Å². The molecule has 1 aromatic carbocycles. The van der Waals surface area contributed by atoms with Gasteiger partial charge in [-0.05, 0) is 5.56 Å². The molecule has 0 bridgehead atoms. The zero-order valence-electron chi connectivity index (χ0n) is 6.23. The molecule has 0 spiro atoms. The Balaban J connectivity index is 0.000001000. The molecule has 2 heteroatoms. The number of hydrogen-bond acceptors (Lipinski definition) is 1. The van der Waals surface area contributed by atoms with Crippen molar-refractivity contribution >= 4 is 0 Å². The fourth-order valence-corrected chi connectivity index (χ4v) is 0.842. The quantitative estimate of drug-likeness (QED) is 0.826. The van der Waals surface area contributed by atoms with E-state index < -0.39 is 6.10 Å². The molecule has 0 saturated carbocycles. The maximum atomic E-state index is 9.27. The van der Waals surface area contributed by atoms with E-state index in [2.05, 4.69) is 6.92 Å². The first-order valence-electron chi connectivity index (χ1n) is 3.37. The molecule has 0 heterocycles. The Morgan fingerprint density at radius 3 is 2.27 bits per heavy atom. The fourth-order valence-electron chi connectivity index (χ4n) is 0.842. The second-order valence-electron chi connectivity index (χ2n) is 2.22. The molecule has 1 unspecified atom stereocenters. The third-order valence-electron chi connectivity index (χ3n) is 1.46. The van der Waals surface area contributed by atoms with E-state index in [0.717, 1.165) is 5.56 Å². The molecular formula is C9H11OW-. The van der Waals surface area contributed by atoms with Gasteiger partial charge in [0, 0.05) is 21.1 Å². The number of benzene rings is 1. The Morgan fingerprint density at radius 2 is 1.82 bits per heavy atom. The summed E-state index contributed by atoms with van der Waals surface area (Å²) in [6.45, 7) is 3.61. The Morgan fingerprint density at radius 1 is 1.27 bits per heavy atom. The van der Waals surface area contributed by atoms with Crippen molar-refractivity contribution < 1.29 is 26.2 Å². The SMILES string of the molecule is [CH2-]CC(O)c1ccccc1.[W]. The smallest absolute Gasteiger partial charge is 0.0519 e. The third-order valence-corrected chi connectivity index (χ3v) is 1.46. The fraction of sp³-hybridized carbons (Fsp3) is 0.222. The average molecular weight is 319 g/mol. The van der Waals surface area contributed by atoms with Crippen molar-refractivity contribution in [1.29, 1.82) is 0 Å². The number of aliphatic hydroxyl groups excluding tert-OH is 1. The van der Waals surface area contributed by atoms with Gasteiger partial charge in [-0.3, -0.25) is 0 Å². The minimum Gasteiger partial charge on any atom is -0.391 e. The first kappa shape index (κ1) is 10.9. The summed E-state index contributed by atoms with van der Waals surface area (Å²) in [5, 5.41) is 9.27. The van der Waals surface area contributed by atoms with Gasteiger partial charge in [-0.1, -0.05) is 30.3 Å². The van der Waals surface area contributed by atoms with Crippen LogP contribution in [0.25, 0.3) is 0 Å². The van der Waals surface area contributed by atoms with Crippen molar-refractivity contribution in [3.63, 3.8) is 0 Å². The predicted molar refractivity (Wildman–Crippen MR) is 41.4 cm³/mol. The zero-order chi connectivity index (χ0) is 7.40. The van der Waals surface area contributed by atoms with E-state index in [9.17, 15) is 5.11 Å². The largest absolute Gasteiger partial charge is 0.391 e. The minimum atomic E-state index is -0.402. The molecule has 1 N–H and O–H groups in total. The molecule has 0 saturated heterocycles. The molecule has 0 radical (unpaired) electrons. The Labute approximate surface area is 81.7 Å². The standard InChI is InChI=1S/C9H11O.W/c1-2-9(10)8-6-4-3-5-7-8;/h3-7,9-10H,1-2H2;/q-1;. The van der Waals surface area contributed by atoms with Crippen LogP contribution in [0.1, 0.15) is 18.1 Å². The van der Waals surface area contributed by atoms with E-state index in [1.807, 2.05) is 30.3 Å². The van der Waals surface area contributed by atoms with Gasteiger partial charge in [0.05, 0.1) is 6.10 Å². The molecule has 0 aromatic heterocycles. The van der Waals surface area contributed by atoms with E-state index in [1.54, 1.807) is 0 Å². The predicted octanol–water partition coefficient (Wildman–Crippen LogP) is 1.94. The molecule has 0 amide bonds. The third kappa shape index (κ3) is 3.18. The second-order valence-corrected chi connectivity index (χ2v) is 2.22. The van der Waals surface area contributed by atoms with E-state index in [0.29, 0.717) is 6.42 Å². The maximum Gasteiger partial charge on any atom is 0.0519 e.